The Hall–Kier alpha value is -4.50. The lowest BCUT2D eigenvalue weighted by atomic mass is 9.85. The average molecular weight is 579 g/mol. The van der Waals surface area contributed by atoms with Crippen LogP contribution in [0.25, 0.3) is 11.0 Å². The van der Waals surface area contributed by atoms with Gasteiger partial charge in [0.25, 0.3) is 0 Å². The van der Waals surface area contributed by atoms with E-state index in [2.05, 4.69) is 32.7 Å². The van der Waals surface area contributed by atoms with Gasteiger partial charge in [-0.05, 0) is 74.1 Å². The number of hydrogen-bond donors (Lipinski definition) is 1. The van der Waals surface area contributed by atoms with Crippen molar-refractivity contribution in [3.05, 3.63) is 96.1 Å². The Labute approximate surface area is 252 Å². The molecule has 9 heteroatoms. The van der Waals surface area contributed by atoms with Crippen LogP contribution in [0.4, 0.5) is 11.4 Å². The zero-order valence-electron chi connectivity index (χ0n) is 24.6. The fourth-order valence-electron chi connectivity index (χ4n) is 5.99. The van der Waals surface area contributed by atoms with Crippen LogP contribution in [0.2, 0.25) is 0 Å². The van der Waals surface area contributed by atoms with Crippen molar-refractivity contribution in [3.63, 3.8) is 0 Å². The summed E-state index contributed by atoms with van der Waals surface area (Å²) in [5.41, 5.74) is 5.44. The Bertz CT molecular complexity index is 1570. The molecule has 1 N–H and O–H groups in total. The van der Waals surface area contributed by atoms with E-state index in [1.807, 2.05) is 79.7 Å². The molecule has 1 aliphatic heterocycles. The van der Waals surface area contributed by atoms with Crippen molar-refractivity contribution in [2.75, 3.05) is 36.5 Å². The van der Waals surface area contributed by atoms with Gasteiger partial charge in [-0.3, -0.25) is 9.59 Å². The van der Waals surface area contributed by atoms with Crippen molar-refractivity contribution in [2.24, 2.45) is 5.92 Å². The molecule has 0 saturated carbocycles. The zero-order chi connectivity index (χ0) is 29.6. The number of amides is 2. The molecule has 9 nitrogen and oxygen atoms in total. The molecule has 43 heavy (non-hydrogen) atoms. The van der Waals surface area contributed by atoms with Gasteiger partial charge in [-0.15, -0.1) is 5.10 Å². The van der Waals surface area contributed by atoms with Crippen LogP contribution < -0.4 is 10.2 Å². The zero-order valence-corrected chi connectivity index (χ0v) is 24.6. The molecule has 0 bridgehead atoms. The Balaban J connectivity index is 1.29. The number of nitrogens with zero attached hydrogens (tertiary/aromatic N) is 5. The minimum atomic E-state index is -0.660. The van der Waals surface area contributed by atoms with E-state index in [4.69, 9.17) is 4.74 Å². The van der Waals surface area contributed by atoms with Gasteiger partial charge in [-0.2, -0.15) is 0 Å². The molecule has 2 atom stereocenters. The molecule has 222 valence electrons. The maximum absolute atomic E-state index is 14.2. The van der Waals surface area contributed by atoms with Gasteiger partial charge in [0.2, 0.25) is 11.8 Å². The molecule has 6 rings (SSSR count). The molecule has 2 amide bonds. The monoisotopic (exact) mass is 578 g/mol. The summed E-state index contributed by atoms with van der Waals surface area (Å²) < 4.78 is 7.11. The molecule has 1 fully saturated rings. The number of aryl methyl sites for hydroxylation is 1. The first-order valence-corrected chi connectivity index (χ1v) is 15.1. The lowest BCUT2D eigenvalue weighted by Gasteiger charge is -2.37. The van der Waals surface area contributed by atoms with Crippen LogP contribution >= 0.6 is 0 Å². The number of fused-ring (bicyclic) bond motifs is 1. The highest BCUT2D eigenvalue weighted by Gasteiger charge is 2.37. The van der Waals surface area contributed by atoms with Crippen LogP contribution in [0, 0.1) is 12.8 Å². The number of benzene rings is 3. The highest BCUT2D eigenvalue weighted by Crippen LogP contribution is 2.29. The smallest absolute Gasteiger partial charge is 0.247 e. The number of ether oxygens (including phenoxy) is 1. The molecule has 1 aromatic heterocycles. The summed E-state index contributed by atoms with van der Waals surface area (Å²) >= 11 is 0. The predicted octanol–water partition coefficient (Wildman–Crippen LogP) is 4.97. The number of morpholine rings is 1. The number of carbonyl (C=O) groups is 2. The van der Waals surface area contributed by atoms with Crippen LogP contribution in [0.3, 0.4) is 0 Å². The number of nitrogens with one attached hydrogen (secondary N) is 1. The molecule has 4 aromatic rings. The number of hydrogen-bond acceptors (Lipinski definition) is 6. The molecule has 1 saturated heterocycles. The minimum absolute atomic E-state index is 0.00698. The molecule has 2 heterocycles. The summed E-state index contributed by atoms with van der Waals surface area (Å²) in [6.07, 6.45) is 6.73. The fourth-order valence-corrected chi connectivity index (χ4v) is 5.99. The Kier molecular flexibility index (Phi) is 8.79. The number of rotatable bonds is 9. The van der Waals surface area contributed by atoms with Crippen molar-refractivity contribution < 1.29 is 14.3 Å². The Morgan fingerprint density at radius 2 is 1.77 bits per heavy atom. The first kappa shape index (κ1) is 28.6. The summed E-state index contributed by atoms with van der Waals surface area (Å²) in [6.45, 7) is 5.47. The Morgan fingerprint density at radius 1 is 1.00 bits per heavy atom. The lowest BCUT2D eigenvalue weighted by Crippen LogP contribution is -2.52. The number of aromatic nitrogens is 3. The molecular weight excluding hydrogens is 540 g/mol. The van der Waals surface area contributed by atoms with E-state index in [0.717, 1.165) is 60.2 Å². The molecule has 0 spiro atoms. The number of carbonyl (C=O) groups excluding carboxylic acids is 2. The van der Waals surface area contributed by atoms with Crippen LogP contribution in [0.1, 0.15) is 30.4 Å². The van der Waals surface area contributed by atoms with Crippen LogP contribution in [0.5, 0.6) is 0 Å². The van der Waals surface area contributed by atoms with E-state index >= 15 is 0 Å². The van der Waals surface area contributed by atoms with Crippen LogP contribution in [0.15, 0.2) is 84.9 Å². The quantitative estimate of drug-likeness (QED) is 0.282. The topological polar surface area (TPSA) is 92.6 Å². The van der Waals surface area contributed by atoms with Crippen molar-refractivity contribution in [3.8, 4) is 0 Å². The minimum Gasteiger partial charge on any atom is -0.378 e. The maximum atomic E-state index is 14.2. The summed E-state index contributed by atoms with van der Waals surface area (Å²) in [7, 11) is 0. The van der Waals surface area contributed by atoms with E-state index < -0.39 is 6.04 Å². The third-order valence-corrected chi connectivity index (χ3v) is 8.37. The van der Waals surface area contributed by atoms with Gasteiger partial charge in [0, 0.05) is 31.0 Å². The molecule has 0 radical (unpaired) electrons. The number of allylic oxidation sites excluding steroid dienone is 2. The lowest BCUT2D eigenvalue weighted by molar-refractivity contribution is -0.142. The van der Waals surface area contributed by atoms with Gasteiger partial charge in [0.05, 0.1) is 18.7 Å². The first-order chi connectivity index (χ1) is 21.0. The molecule has 3 aromatic carbocycles. The average Bonchev–Trinajstić information content (AvgIpc) is 3.45. The summed E-state index contributed by atoms with van der Waals surface area (Å²) in [4.78, 5) is 32.5. The second-order valence-electron chi connectivity index (χ2n) is 11.4. The van der Waals surface area contributed by atoms with Gasteiger partial charge < -0.3 is 19.9 Å². The van der Waals surface area contributed by atoms with Gasteiger partial charge in [-0.1, -0.05) is 59.3 Å². The van der Waals surface area contributed by atoms with Crippen LogP contribution in [-0.4, -0.2) is 64.1 Å². The second-order valence-corrected chi connectivity index (χ2v) is 11.4. The van der Waals surface area contributed by atoms with E-state index in [1.54, 1.807) is 9.58 Å². The molecule has 1 aliphatic carbocycles. The van der Waals surface area contributed by atoms with Gasteiger partial charge in [-0.25, -0.2) is 4.68 Å². The summed E-state index contributed by atoms with van der Waals surface area (Å²) in [5, 5.41) is 11.7. The second kappa shape index (κ2) is 13.2. The van der Waals surface area contributed by atoms with Crippen molar-refractivity contribution in [1.82, 2.24) is 19.9 Å². The van der Waals surface area contributed by atoms with E-state index in [1.165, 1.54) is 0 Å². The number of anilines is 2. The van der Waals surface area contributed by atoms with Gasteiger partial charge in [0.1, 0.15) is 18.1 Å². The van der Waals surface area contributed by atoms with Gasteiger partial charge in [0.15, 0.2) is 0 Å². The first-order valence-electron chi connectivity index (χ1n) is 15.1. The Morgan fingerprint density at radius 3 is 2.51 bits per heavy atom. The maximum Gasteiger partial charge on any atom is 0.247 e. The highest BCUT2D eigenvalue weighted by molar-refractivity contribution is 5.97. The largest absolute Gasteiger partial charge is 0.378 e. The SMILES string of the molecule is Cc1ccc(CN(C(=O)Cn2nnc3ccccc32)C(C(=O)Nc2ccc(N3CCOCC3)cc2)C2CC=CCC2)cc1. The predicted molar refractivity (Wildman–Crippen MR) is 168 cm³/mol. The van der Waals surface area contributed by atoms with Crippen molar-refractivity contribution in [1.29, 1.82) is 0 Å². The third kappa shape index (κ3) is 6.78. The van der Waals surface area contributed by atoms with E-state index in [-0.39, 0.29) is 24.3 Å². The summed E-state index contributed by atoms with van der Waals surface area (Å²) in [6, 6.07) is 23.0. The van der Waals surface area contributed by atoms with E-state index in [9.17, 15) is 9.59 Å². The normalized spacial score (nSPS) is 17.5. The van der Waals surface area contributed by atoms with Crippen molar-refractivity contribution in [2.45, 2.75) is 45.3 Å². The standard InChI is InChI=1S/C34H38N6O3/c1-25-11-13-26(14-12-25)23-39(32(41)24-40-31-10-6-5-9-30(31)36-37-40)33(27-7-3-2-4-8-27)34(42)35-28-15-17-29(18-16-28)38-19-21-43-22-20-38/h2-3,5-6,9-18,27,33H,4,7-8,19-24H2,1H3,(H,35,42). The third-order valence-electron chi connectivity index (χ3n) is 8.37. The summed E-state index contributed by atoms with van der Waals surface area (Å²) in [5.74, 6) is -0.364. The van der Waals surface area contributed by atoms with Crippen molar-refractivity contribution >= 4 is 34.2 Å². The highest BCUT2D eigenvalue weighted by atomic mass is 16.5. The number of para-hydroxylation sites is 1. The van der Waals surface area contributed by atoms with Crippen LogP contribution in [-0.2, 0) is 27.4 Å². The molecule has 2 aliphatic rings. The van der Waals surface area contributed by atoms with Gasteiger partial charge >= 0.3 is 0 Å². The molecular formula is C34H38N6O3. The molecule has 2 unspecified atom stereocenters. The van der Waals surface area contributed by atoms with E-state index in [0.29, 0.717) is 25.4 Å². The fraction of sp³-hybridized carbons (Fsp3) is 0.353.